The first-order chi connectivity index (χ1) is 9.15. The molecule has 0 heterocycles. The molecular formula is C14H19N3O2. The van der Waals surface area contributed by atoms with Crippen molar-refractivity contribution in [3.63, 3.8) is 0 Å². The molecule has 1 aliphatic rings. The Morgan fingerprint density at radius 2 is 1.95 bits per heavy atom. The maximum absolute atomic E-state index is 11.8. The summed E-state index contributed by atoms with van der Waals surface area (Å²) in [5.41, 5.74) is 0.740. The van der Waals surface area contributed by atoms with E-state index < -0.39 is 0 Å². The van der Waals surface area contributed by atoms with E-state index in [1.54, 1.807) is 7.05 Å². The molecule has 0 unspecified atom stereocenters. The van der Waals surface area contributed by atoms with Gasteiger partial charge in [0.05, 0.1) is 13.1 Å². The van der Waals surface area contributed by atoms with Gasteiger partial charge >= 0.3 is 0 Å². The van der Waals surface area contributed by atoms with Crippen LogP contribution in [-0.4, -0.2) is 42.9 Å². The molecule has 2 N–H and O–H groups in total. The molecule has 5 heteroatoms. The number of carbonyl (C=O) groups excluding carboxylic acids is 2. The molecule has 0 spiro atoms. The second-order valence-electron chi connectivity index (χ2n) is 4.82. The third-order valence-corrected chi connectivity index (χ3v) is 2.98. The van der Waals surface area contributed by atoms with Crippen LogP contribution in [0.2, 0.25) is 0 Å². The maximum atomic E-state index is 11.8. The molecule has 2 rings (SSSR count). The number of benzene rings is 1. The fourth-order valence-corrected chi connectivity index (χ4v) is 1.68. The standard InChI is InChI=1S/C14H19N3O2/c1-17(14(19)9-15-11-7-8-11)10-13(18)16-12-5-3-2-4-6-12/h2-6,11,15H,7-10H2,1H3,(H,16,18). The zero-order valence-corrected chi connectivity index (χ0v) is 11.1. The van der Waals surface area contributed by atoms with Crippen LogP contribution in [-0.2, 0) is 9.59 Å². The Labute approximate surface area is 113 Å². The predicted molar refractivity (Wildman–Crippen MR) is 73.7 cm³/mol. The molecule has 2 amide bonds. The molecular weight excluding hydrogens is 242 g/mol. The Morgan fingerprint density at radius 1 is 1.26 bits per heavy atom. The fourth-order valence-electron chi connectivity index (χ4n) is 1.68. The summed E-state index contributed by atoms with van der Waals surface area (Å²) >= 11 is 0. The summed E-state index contributed by atoms with van der Waals surface area (Å²) in [4.78, 5) is 24.9. The van der Waals surface area contributed by atoms with Gasteiger partial charge in [0, 0.05) is 18.8 Å². The summed E-state index contributed by atoms with van der Waals surface area (Å²) in [7, 11) is 1.64. The molecule has 0 aromatic heterocycles. The monoisotopic (exact) mass is 261 g/mol. The molecule has 0 aliphatic heterocycles. The fraction of sp³-hybridized carbons (Fsp3) is 0.429. The SMILES string of the molecule is CN(CC(=O)Nc1ccccc1)C(=O)CNC1CC1. The number of carbonyl (C=O) groups is 2. The lowest BCUT2D eigenvalue weighted by Crippen LogP contribution is -2.40. The number of likely N-dealkylation sites (N-methyl/N-ethyl adjacent to an activating group) is 1. The number of rotatable bonds is 6. The number of hydrogen-bond acceptors (Lipinski definition) is 3. The van der Waals surface area contributed by atoms with E-state index in [1.165, 1.54) is 4.90 Å². The lowest BCUT2D eigenvalue weighted by Gasteiger charge is -2.17. The van der Waals surface area contributed by atoms with Crippen molar-refractivity contribution in [2.24, 2.45) is 0 Å². The van der Waals surface area contributed by atoms with Gasteiger partial charge < -0.3 is 15.5 Å². The average Bonchev–Trinajstić information content (AvgIpc) is 3.21. The first-order valence-electron chi connectivity index (χ1n) is 6.47. The molecule has 0 radical (unpaired) electrons. The Hall–Kier alpha value is -1.88. The van der Waals surface area contributed by atoms with E-state index in [0.717, 1.165) is 18.5 Å². The van der Waals surface area contributed by atoms with Crippen molar-refractivity contribution in [2.75, 3.05) is 25.5 Å². The summed E-state index contributed by atoms with van der Waals surface area (Å²) in [5, 5.41) is 5.89. The first kappa shape index (κ1) is 13.5. The Morgan fingerprint density at radius 3 is 2.58 bits per heavy atom. The van der Waals surface area contributed by atoms with Crippen LogP contribution < -0.4 is 10.6 Å². The van der Waals surface area contributed by atoms with E-state index in [1.807, 2.05) is 30.3 Å². The van der Waals surface area contributed by atoms with Gasteiger partial charge in [-0.15, -0.1) is 0 Å². The van der Waals surface area contributed by atoms with Gasteiger partial charge in [-0.25, -0.2) is 0 Å². The number of para-hydroxylation sites is 1. The minimum Gasteiger partial charge on any atom is -0.335 e. The van der Waals surface area contributed by atoms with Gasteiger partial charge in [0.25, 0.3) is 0 Å². The Bertz CT molecular complexity index is 443. The summed E-state index contributed by atoms with van der Waals surface area (Å²) in [6.07, 6.45) is 2.29. The third kappa shape index (κ3) is 4.71. The largest absolute Gasteiger partial charge is 0.335 e. The number of nitrogens with zero attached hydrogens (tertiary/aromatic N) is 1. The number of anilines is 1. The highest BCUT2D eigenvalue weighted by Crippen LogP contribution is 2.18. The summed E-state index contributed by atoms with van der Waals surface area (Å²) in [6.45, 7) is 0.375. The molecule has 102 valence electrons. The van der Waals surface area contributed by atoms with E-state index in [0.29, 0.717) is 12.6 Å². The van der Waals surface area contributed by atoms with E-state index in [9.17, 15) is 9.59 Å². The summed E-state index contributed by atoms with van der Waals surface area (Å²) < 4.78 is 0. The van der Waals surface area contributed by atoms with Crippen LogP contribution in [0, 0.1) is 0 Å². The van der Waals surface area contributed by atoms with Crippen LogP contribution in [0.1, 0.15) is 12.8 Å². The van der Waals surface area contributed by atoms with E-state index in [2.05, 4.69) is 10.6 Å². The highest BCUT2D eigenvalue weighted by molar-refractivity contribution is 5.94. The van der Waals surface area contributed by atoms with Crippen molar-refractivity contribution in [3.8, 4) is 0 Å². The van der Waals surface area contributed by atoms with Crippen molar-refractivity contribution in [2.45, 2.75) is 18.9 Å². The van der Waals surface area contributed by atoms with Gasteiger partial charge in [-0.3, -0.25) is 9.59 Å². The van der Waals surface area contributed by atoms with Crippen molar-refractivity contribution in [1.29, 1.82) is 0 Å². The second-order valence-corrected chi connectivity index (χ2v) is 4.82. The summed E-state index contributed by atoms with van der Waals surface area (Å²) in [5.74, 6) is -0.247. The Balaban J connectivity index is 1.72. The second kappa shape index (κ2) is 6.33. The normalized spacial score (nSPS) is 13.9. The molecule has 0 saturated heterocycles. The van der Waals surface area contributed by atoms with Crippen LogP contribution in [0.25, 0.3) is 0 Å². The molecule has 5 nitrogen and oxygen atoms in total. The predicted octanol–water partition coefficient (Wildman–Crippen LogP) is 0.835. The lowest BCUT2D eigenvalue weighted by molar-refractivity contribution is -0.132. The van der Waals surface area contributed by atoms with Crippen LogP contribution >= 0.6 is 0 Å². The number of nitrogens with one attached hydrogen (secondary N) is 2. The highest BCUT2D eigenvalue weighted by atomic mass is 16.2. The van der Waals surface area contributed by atoms with Crippen molar-refractivity contribution in [3.05, 3.63) is 30.3 Å². The number of amides is 2. The van der Waals surface area contributed by atoms with Gasteiger partial charge in [-0.2, -0.15) is 0 Å². The molecule has 1 fully saturated rings. The topological polar surface area (TPSA) is 61.4 Å². The van der Waals surface area contributed by atoms with Crippen molar-refractivity contribution >= 4 is 17.5 Å². The third-order valence-electron chi connectivity index (χ3n) is 2.98. The lowest BCUT2D eigenvalue weighted by atomic mass is 10.3. The van der Waals surface area contributed by atoms with Gasteiger partial charge in [-0.1, -0.05) is 18.2 Å². The minimum atomic E-state index is -0.187. The van der Waals surface area contributed by atoms with Crippen LogP contribution in [0.5, 0.6) is 0 Å². The first-order valence-corrected chi connectivity index (χ1v) is 6.47. The van der Waals surface area contributed by atoms with Crippen molar-refractivity contribution in [1.82, 2.24) is 10.2 Å². The van der Waals surface area contributed by atoms with E-state index in [4.69, 9.17) is 0 Å². The van der Waals surface area contributed by atoms with E-state index >= 15 is 0 Å². The minimum absolute atomic E-state index is 0.0601. The smallest absolute Gasteiger partial charge is 0.243 e. The maximum Gasteiger partial charge on any atom is 0.243 e. The molecule has 19 heavy (non-hydrogen) atoms. The van der Waals surface area contributed by atoms with Crippen molar-refractivity contribution < 1.29 is 9.59 Å². The number of hydrogen-bond donors (Lipinski definition) is 2. The van der Waals surface area contributed by atoms with Crippen LogP contribution in [0.3, 0.4) is 0 Å². The molecule has 1 aromatic carbocycles. The van der Waals surface area contributed by atoms with Crippen LogP contribution in [0.4, 0.5) is 5.69 Å². The molecule has 1 aliphatic carbocycles. The average molecular weight is 261 g/mol. The van der Waals surface area contributed by atoms with Crippen LogP contribution in [0.15, 0.2) is 30.3 Å². The quantitative estimate of drug-likeness (QED) is 0.797. The van der Waals surface area contributed by atoms with Gasteiger partial charge in [0.2, 0.25) is 11.8 Å². The zero-order chi connectivity index (χ0) is 13.7. The highest BCUT2D eigenvalue weighted by Gasteiger charge is 2.22. The molecule has 0 atom stereocenters. The van der Waals surface area contributed by atoms with Gasteiger partial charge in [0.15, 0.2) is 0 Å². The molecule has 1 saturated carbocycles. The Kier molecular flexibility index (Phi) is 4.52. The van der Waals surface area contributed by atoms with E-state index in [-0.39, 0.29) is 18.4 Å². The molecule has 0 bridgehead atoms. The zero-order valence-electron chi connectivity index (χ0n) is 11.1. The summed E-state index contributed by atoms with van der Waals surface area (Å²) in [6, 6.07) is 9.71. The molecule has 1 aromatic rings. The van der Waals surface area contributed by atoms with Gasteiger partial charge in [0.1, 0.15) is 0 Å². The van der Waals surface area contributed by atoms with Gasteiger partial charge in [-0.05, 0) is 25.0 Å².